The van der Waals surface area contributed by atoms with Crippen LogP contribution in [0.2, 0.25) is 0 Å². The highest BCUT2D eigenvalue weighted by Gasteiger charge is 2.07. The third-order valence-electron chi connectivity index (χ3n) is 3.32. The number of carboxylic acid groups (broad SMARTS) is 1. The molecule has 0 spiro atoms. The Kier molecular flexibility index (Phi) is 4.07. The Morgan fingerprint density at radius 2 is 1.91 bits per heavy atom. The molecular weight excluding hydrogens is 282 g/mol. The Balaban J connectivity index is 1.65. The van der Waals surface area contributed by atoms with E-state index in [9.17, 15) is 9.90 Å². The Morgan fingerprint density at radius 1 is 1.05 bits per heavy atom. The number of carbonyl (C=O) groups excluding carboxylic acids is 1. The second-order valence-corrected chi connectivity index (χ2v) is 4.91. The molecule has 0 atom stereocenters. The Bertz CT molecular complexity index is 759. The maximum atomic E-state index is 10.9. The van der Waals surface area contributed by atoms with Crippen LogP contribution in [-0.4, -0.2) is 5.97 Å². The molecule has 0 fully saturated rings. The smallest absolute Gasteiger partial charge is 0.158 e. The van der Waals surface area contributed by atoms with E-state index in [1.165, 1.54) is 6.07 Å². The van der Waals surface area contributed by atoms with E-state index in [4.69, 9.17) is 8.83 Å². The van der Waals surface area contributed by atoms with Gasteiger partial charge in [-0.3, -0.25) is 0 Å². The topological polar surface area (TPSA) is 83.0 Å². The molecule has 0 unspecified atom stereocenters. The molecule has 2 N–H and O–H groups in total. The van der Waals surface area contributed by atoms with Crippen LogP contribution >= 0.6 is 0 Å². The summed E-state index contributed by atoms with van der Waals surface area (Å²) in [6, 6.07) is 14.0. The molecule has 0 aliphatic heterocycles. The van der Waals surface area contributed by atoms with Gasteiger partial charge in [0.1, 0.15) is 18.8 Å². The van der Waals surface area contributed by atoms with Gasteiger partial charge in [0.2, 0.25) is 0 Å². The number of nitrogens with two attached hydrogens (primary N) is 1. The van der Waals surface area contributed by atoms with Crippen LogP contribution < -0.4 is 10.4 Å². The number of aromatic carboxylic acids is 1. The number of furan rings is 2. The first-order valence-corrected chi connectivity index (χ1v) is 6.97. The van der Waals surface area contributed by atoms with E-state index >= 15 is 0 Å². The fourth-order valence-corrected chi connectivity index (χ4v) is 2.23. The summed E-state index contributed by atoms with van der Waals surface area (Å²) in [4.78, 5) is 10.9. The zero-order chi connectivity index (χ0) is 15.4. The lowest BCUT2D eigenvalue weighted by Crippen LogP contribution is -2.80. The molecule has 0 aliphatic rings. The molecule has 0 amide bonds. The van der Waals surface area contributed by atoms with Crippen molar-refractivity contribution in [3.63, 3.8) is 0 Å². The van der Waals surface area contributed by atoms with Crippen LogP contribution in [0, 0.1) is 0 Å². The molecule has 0 saturated heterocycles. The van der Waals surface area contributed by atoms with Crippen LogP contribution in [0.15, 0.2) is 63.6 Å². The van der Waals surface area contributed by atoms with E-state index in [-0.39, 0.29) is 5.56 Å². The highest BCUT2D eigenvalue weighted by atomic mass is 16.4. The zero-order valence-corrected chi connectivity index (χ0v) is 11.8. The fourth-order valence-electron chi connectivity index (χ4n) is 2.23. The molecule has 0 saturated carbocycles. The van der Waals surface area contributed by atoms with Crippen molar-refractivity contribution in [1.29, 1.82) is 0 Å². The first-order valence-electron chi connectivity index (χ1n) is 6.97. The molecule has 22 heavy (non-hydrogen) atoms. The van der Waals surface area contributed by atoms with Crippen LogP contribution in [0.3, 0.4) is 0 Å². The number of quaternary nitrogens is 1. The molecule has 3 aromatic rings. The largest absolute Gasteiger partial charge is 0.545 e. The number of rotatable bonds is 6. The number of carbonyl (C=O) groups is 1. The highest BCUT2D eigenvalue weighted by Crippen LogP contribution is 2.22. The van der Waals surface area contributed by atoms with E-state index in [2.05, 4.69) is 5.32 Å². The van der Waals surface area contributed by atoms with Gasteiger partial charge < -0.3 is 24.1 Å². The van der Waals surface area contributed by atoms with Crippen molar-refractivity contribution in [1.82, 2.24) is 0 Å². The molecule has 0 aliphatic carbocycles. The average Bonchev–Trinajstić information content (AvgIpc) is 3.19. The minimum atomic E-state index is -1.19. The SMILES string of the molecule is O=C([O-])c1cccc(-c2ccc(C[NH2+]Cc3ccco3)o2)c1. The minimum absolute atomic E-state index is 0.139. The maximum absolute atomic E-state index is 10.9. The van der Waals surface area contributed by atoms with Gasteiger partial charge in [-0.1, -0.05) is 18.2 Å². The number of hydrogen-bond donors (Lipinski definition) is 1. The Labute approximate surface area is 127 Å². The predicted molar refractivity (Wildman–Crippen MR) is 76.5 cm³/mol. The zero-order valence-electron chi connectivity index (χ0n) is 11.8. The van der Waals surface area contributed by atoms with Crippen molar-refractivity contribution < 1.29 is 24.1 Å². The molecular formula is C17H15NO4. The van der Waals surface area contributed by atoms with E-state index in [0.29, 0.717) is 12.3 Å². The number of carboxylic acids is 1. The first kappa shape index (κ1) is 14.2. The second kappa shape index (κ2) is 6.32. The molecule has 1 aromatic carbocycles. The van der Waals surface area contributed by atoms with Crippen LogP contribution in [0.5, 0.6) is 0 Å². The van der Waals surface area contributed by atoms with E-state index in [1.54, 1.807) is 18.4 Å². The first-order chi connectivity index (χ1) is 10.7. The van der Waals surface area contributed by atoms with Gasteiger partial charge in [-0.25, -0.2) is 0 Å². The van der Waals surface area contributed by atoms with Crippen molar-refractivity contribution in [2.24, 2.45) is 0 Å². The summed E-state index contributed by atoms with van der Waals surface area (Å²) in [5, 5.41) is 13.0. The predicted octanol–water partition coefficient (Wildman–Crippen LogP) is 1.17. The minimum Gasteiger partial charge on any atom is -0.545 e. The van der Waals surface area contributed by atoms with Crippen molar-refractivity contribution >= 4 is 5.97 Å². The lowest BCUT2D eigenvalue weighted by Gasteiger charge is -2.03. The summed E-state index contributed by atoms with van der Waals surface area (Å²) in [6.07, 6.45) is 1.65. The summed E-state index contributed by atoms with van der Waals surface area (Å²) in [7, 11) is 0. The molecule has 0 bridgehead atoms. The molecule has 5 nitrogen and oxygen atoms in total. The fraction of sp³-hybridized carbons (Fsp3) is 0.118. The summed E-state index contributed by atoms with van der Waals surface area (Å²) < 4.78 is 11.0. The molecule has 2 heterocycles. The van der Waals surface area contributed by atoms with Crippen molar-refractivity contribution in [2.75, 3.05) is 0 Å². The molecule has 112 valence electrons. The van der Waals surface area contributed by atoms with Gasteiger partial charge >= 0.3 is 0 Å². The Hall–Kier alpha value is -2.79. The van der Waals surface area contributed by atoms with Gasteiger partial charge in [0.05, 0.1) is 12.2 Å². The van der Waals surface area contributed by atoms with Crippen molar-refractivity contribution in [3.8, 4) is 11.3 Å². The summed E-state index contributed by atoms with van der Waals surface area (Å²) in [5.41, 5.74) is 0.860. The van der Waals surface area contributed by atoms with Gasteiger partial charge in [0, 0.05) is 5.56 Å². The quantitative estimate of drug-likeness (QED) is 0.740. The van der Waals surface area contributed by atoms with Crippen LogP contribution in [0.4, 0.5) is 0 Å². The van der Waals surface area contributed by atoms with Crippen LogP contribution in [0.1, 0.15) is 21.9 Å². The molecule has 2 aromatic heterocycles. The third kappa shape index (κ3) is 3.27. The highest BCUT2D eigenvalue weighted by molar-refractivity contribution is 5.87. The standard InChI is InChI=1S/C17H15NO4/c19-17(20)13-4-1-3-12(9-13)16-7-6-15(22-16)11-18-10-14-5-2-8-21-14/h1-9,18H,10-11H2,(H,19,20). The summed E-state index contributed by atoms with van der Waals surface area (Å²) in [5.74, 6) is 1.18. The monoisotopic (exact) mass is 297 g/mol. The van der Waals surface area contributed by atoms with Gasteiger partial charge in [0.15, 0.2) is 11.5 Å². The van der Waals surface area contributed by atoms with E-state index < -0.39 is 5.97 Å². The van der Waals surface area contributed by atoms with Crippen molar-refractivity contribution in [2.45, 2.75) is 13.1 Å². The van der Waals surface area contributed by atoms with E-state index in [1.807, 2.05) is 30.3 Å². The van der Waals surface area contributed by atoms with E-state index in [0.717, 1.165) is 23.6 Å². The van der Waals surface area contributed by atoms with Gasteiger partial charge in [-0.05, 0) is 35.9 Å². The maximum Gasteiger partial charge on any atom is 0.158 e. The van der Waals surface area contributed by atoms with Crippen LogP contribution in [0.25, 0.3) is 11.3 Å². The van der Waals surface area contributed by atoms with Gasteiger partial charge in [-0.15, -0.1) is 0 Å². The lowest BCUT2D eigenvalue weighted by atomic mass is 10.1. The molecule has 0 radical (unpaired) electrons. The van der Waals surface area contributed by atoms with Gasteiger partial charge in [-0.2, -0.15) is 0 Å². The molecule has 5 heteroatoms. The molecule has 3 rings (SSSR count). The van der Waals surface area contributed by atoms with Gasteiger partial charge in [0.25, 0.3) is 0 Å². The Morgan fingerprint density at radius 3 is 2.68 bits per heavy atom. The number of benzene rings is 1. The second-order valence-electron chi connectivity index (χ2n) is 4.91. The summed E-state index contributed by atoms with van der Waals surface area (Å²) >= 11 is 0. The normalized spacial score (nSPS) is 10.7. The van der Waals surface area contributed by atoms with Crippen LogP contribution in [-0.2, 0) is 13.1 Å². The number of hydrogen-bond acceptors (Lipinski definition) is 4. The third-order valence-corrected chi connectivity index (χ3v) is 3.32. The lowest BCUT2D eigenvalue weighted by molar-refractivity contribution is -0.689. The van der Waals surface area contributed by atoms with Crippen molar-refractivity contribution in [3.05, 3.63) is 71.9 Å². The summed E-state index contributed by atoms with van der Waals surface area (Å²) in [6.45, 7) is 1.42. The average molecular weight is 297 g/mol.